The molecule has 0 bridgehead atoms. The van der Waals surface area contributed by atoms with Gasteiger partial charge in [-0.1, -0.05) is 57.4 Å². The summed E-state index contributed by atoms with van der Waals surface area (Å²) in [5.41, 5.74) is 3.30. The fraction of sp³-hybridized carbons (Fsp3) is 0.846. The highest BCUT2D eigenvalue weighted by molar-refractivity contribution is 5.01. The van der Waals surface area contributed by atoms with E-state index in [1.165, 1.54) is 103 Å². The largest absolute Gasteiger partial charge is 0.316 e. The van der Waals surface area contributed by atoms with Crippen LogP contribution in [0, 0.1) is 11.8 Å². The van der Waals surface area contributed by atoms with Gasteiger partial charge in [-0.15, -0.1) is 0 Å². The Labute approximate surface area is 177 Å². The summed E-state index contributed by atoms with van der Waals surface area (Å²) in [6, 6.07) is 0. The first-order valence-electron chi connectivity index (χ1n) is 12.5. The fourth-order valence-electron chi connectivity index (χ4n) is 4.34. The third kappa shape index (κ3) is 11.4. The molecule has 0 amide bonds. The number of unbranched alkanes of at least 4 members (excludes halogenated alkanes) is 2. The van der Waals surface area contributed by atoms with E-state index in [0.29, 0.717) is 0 Å². The minimum atomic E-state index is 0.911. The average Bonchev–Trinajstić information content (AvgIpc) is 2.69. The Hall–Kier alpha value is -0.600. The van der Waals surface area contributed by atoms with Gasteiger partial charge in [-0.3, -0.25) is 0 Å². The zero-order valence-corrected chi connectivity index (χ0v) is 19.6. The summed E-state index contributed by atoms with van der Waals surface area (Å²) in [4.78, 5) is 0. The van der Waals surface area contributed by atoms with E-state index in [2.05, 4.69) is 50.5 Å². The molecule has 164 valence electrons. The standard InChI is InChI=1S/C26H50N2/c1-5-13-23(7-3)15-9-11-19-27-21-25-17-18-26(25)22-28-20-12-10-16-24(8-4)14-6-2/h13,16,25-28H,5-12,14-15,17-22H2,1-4H3/b23-13+,24-16+. The first-order valence-corrected chi connectivity index (χ1v) is 12.5. The van der Waals surface area contributed by atoms with Crippen LogP contribution in [0.15, 0.2) is 23.3 Å². The second kappa shape index (κ2) is 17.3. The normalized spacial score (nSPS) is 20.4. The van der Waals surface area contributed by atoms with Gasteiger partial charge in [-0.2, -0.15) is 0 Å². The lowest BCUT2D eigenvalue weighted by Crippen LogP contribution is -2.41. The average molecular weight is 391 g/mol. The molecule has 2 N–H and O–H groups in total. The third-order valence-corrected chi connectivity index (χ3v) is 6.45. The summed E-state index contributed by atoms with van der Waals surface area (Å²) in [5.74, 6) is 1.82. The summed E-state index contributed by atoms with van der Waals surface area (Å²) in [7, 11) is 0. The van der Waals surface area contributed by atoms with Crippen LogP contribution < -0.4 is 10.6 Å². The topological polar surface area (TPSA) is 24.1 Å². The van der Waals surface area contributed by atoms with E-state index in [1.807, 2.05) is 0 Å². The second-order valence-corrected chi connectivity index (χ2v) is 8.70. The molecule has 0 radical (unpaired) electrons. The van der Waals surface area contributed by atoms with Gasteiger partial charge in [0, 0.05) is 0 Å². The molecule has 28 heavy (non-hydrogen) atoms. The lowest BCUT2D eigenvalue weighted by atomic mass is 9.73. The van der Waals surface area contributed by atoms with Crippen molar-refractivity contribution in [2.75, 3.05) is 26.2 Å². The Balaban J connectivity index is 1.99. The Morgan fingerprint density at radius 3 is 1.89 bits per heavy atom. The van der Waals surface area contributed by atoms with Gasteiger partial charge in [0.2, 0.25) is 0 Å². The molecule has 0 heterocycles. The minimum Gasteiger partial charge on any atom is -0.316 e. The SMILES string of the molecule is CC/C=C(\CC)CCCCNCC1CCC1CNCCC/C=C(\CC)CCC. The molecule has 1 fully saturated rings. The van der Waals surface area contributed by atoms with Crippen molar-refractivity contribution in [2.45, 2.75) is 105 Å². The van der Waals surface area contributed by atoms with Crippen LogP contribution in [0.25, 0.3) is 0 Å². The van der Waals surface area contributed by atoms with E-state index in [1.54, 1.807) is 11.1 Å². The predicted molar refractivity (Wildman–Crippen MR) is 127 cm³/mol. The zero-order chi connectivity index (χ0) is 20.5. The molecule has 0 aromatic rings. The Kier molecular flexibility index (Phi) is 15.7. The van der Waals surface area contributed by atoms with Gasteiger partial charge in [0.05, 0.1) is 0 Å². The molecule has 2 nitrogen and oxygen atoms in total. The van der Waals surface area contributed by atoms with Crippen LogP contribution in [0.3, 0.4) is 0 Å². The van der Waals surface area contributed by atoms with Crippen LogP contribution in [-0.2, 0) is 0 Å². The van der Waals surface area contributed by atoms with Crippen LogP contribution in [-0.4, -0.2) is 26.2 Å². The molecule has 0 aromatic heterocycles. The van der Waals surface area contributed by atoms with Gasteiger partial charge in [0.1, 0.15) is 0 Å². The van der Waals surface area contributed by atoms with Crippen molar-refractivity contribution in [3.63, 3.8) is 0 Å². The summed E-state index contributed by atoms with van der Waals surface area (Å²) < 4.78 is 0. The van der Waals surface area contributed by atoms with Gasteiger partial charge in [-0.25, -0.2) is 0 Å². The highest BCUT2D eigenvalue weighted by Crippen LogP contribution is 2.33. The van der Waals surface area contributed by atoms with Crippen LogP contribution in [0.2, 0.25) is 0 Å². The van der Waals surface area contributed by atoms with Crippen molar-refractivity contribution < 1.29 is 0 Å². The highest BCUT2D eigenvalue weighted by atomic mass is 14.9. The van der Waals surface area contributed by atoms with Crippen molar-refractivity contribution >= 4 is 0 Å². The molecule has 2 heteroatoms. The summed E-state index contributed by atoms with van der Waals surface area (Å²) in [5, 5.41) is 7.45. The molecule has 1 rings (SSSR count). The van der Waals surface area contributed by atoms with Crippen LogP contribution >= 0.6 is 0 Å². The fourth-order valence-corrected chi connectivity index (χ4v) is 4.34. The van der Waals surface area contributed by atoms with Crippen molar-refractivity contribution in [2.24, 2.45) is 11.8 Å². The summed E-state index contributed by atoms with van der Waals surface area (Å²) >= 11 is 0. The Morgan fingerprint density at radius 2 is 1.36 bits per heavy atom. The molecule has 0 aromatic carbocycles. The van der Waals surface area contributed by atoms with E-state index in [9.17, 15) is 0 Å². The lowest BCUT2D eigenvalue weighted by molar-refractivity contribution is 0.167. The minimum absolute atomic E-state index is 0.911. The maximum absolute atomic E-state index is 3.73. The molecule has 1 aliphatic carbocycles. The first-order chi connectivity index (χ1) is 13.7. The number of rotatable bonds is 18. The van der Waals surface area contributed by atoms with E-state index < -0.39 is 0 Å². The number of allylic oxidation sites excluding steroid dienone is 4. The first kappa shape index (κ1) is 25.4. The van der Waals surface area contributed by atoms with Gasteiger partial charge in [0.15, 0.2) is 0 Å². The van der Waals surface area contributed by atoms with E-state index in [-0.39, 0.29) is 0 Å². The van der Waals surface area contributed by atoms with E-state index >= 15 is 0 Å². The Bertz CT molecular complexity index is 424. The van der Waals surface area contributed by atoms with Gasteiger partial charge >= 0.3 is 0 Å². The van der Waals surface area contributed by atoms with Gasteiger partial charge in [0.25, 0.3) is 0 Å². The molecule has 1 saturated carbocycles. The molecule has 2 unspecified atom stereocenters. The zero-order valence-electron chi connectivity index (χ0n) is 19.6. The third-order valence-electron chi connectivity index (χ3n) is 6.45. The van der Waals surface area contributed by atoms with Gasteiger partial charge < -0.3 is 10.6 Å². The lowest BCUT2D eigenvalue weighted by Gasteiger charge is -2.37. The molecule has 0 saturated heterocycles. The van der Waals surface area contributed by atoms with Crippen molar-refractivity contribution in [3.05, 3.63) is 23.3 Å². The summed E-state index contributed by atoms with van der Waals surface area (Å²) in [6.45, 7) is 13.9. The van der Waals surface area contributed by atoms with Crippen LogP contribution in [0.4, 0.5) is 0 Å². The summed E-state index contributed by atoms with van der Waals surface area (Å²) in [6.07, 6.45) is 20.5. The van der Waals surface area contributed by atoms with Crippen LogP contribution in [0.5, 0.6) is 0 Å². The van der Waals surface area contributed by atoms with Crippen molar-refractivity contribution in [1.29, 1.82) is 0 Å². The monoisotopic (exact) mass is 390 g/mol. The maximum Gasteiger partial charge on any atom is -0.00174 e. The predicted octanol–water partition coefficient (Wildman–Crippen LogP) is 7.03. The number of hydrogen-bond acceptors (Lipinski definition) is 2. The van der Waals surface area contributed by atoms with Crippen LogP contribution in [0.1, 0.15) is 105 Å². The molecule has 0 aliphatic heterocycles. The maximum atomic E-state index is 3.73. The Morgan fingerprint density at radius 1 is 0.750 bits per heavy atom. The molecular formula is C26H50N2. The molecule has 2 atom stereocenters. The quantitative estimate of drug-likeness (QED) is 0.194. The molecule has 1 aliphatic rings. The molecular weight excluding hydrogens is 340 g/mol. The van der Waals surface area contributed by atoms with Crippen molar-refractivity contribution in [3.8, 4) is 0 Å². The number of nitrogens with one attached hydrogen (secondary N) is 2. The van der Waals surface area contributed by atoms with Crippen molar-refractivity contribution in [1.82, 2.24) is 10.6 Å². The number of hydrogen-bond donors (Lipinski definition) is 2. The smallest absolute Gasteiger partial charge is 0.00174 e. The van der Waals surface area contributed by atoms with E-state index in [0.717, 1.165) is 11.8 Å². The highest BCUT2D eigenvalue weighted by Gasteiger charge is 2.29. The molecule has 0 spiro atoms. The second-order valence-electron chi connectivity index (χ2n) is 8.70. The van der Waals surface area contributed by atoms with Gasteiger partial charge in [-0.05, 0) is 109 Å². The van der Waals surface area contributed by atoms with E-state index in [4.69, 9.17) is 0 Å².